The summed E-state index contributed by atoms with van der Waals surface area (Å²) in [4.78, 5) is 14.5. The Balaban J connectivity index is 2.82. The monoisotopic (exact) mass is 255 g/mol. The van der Waals surface area contributed by atoms with Crippen LogP contribution in [0.2, 0.25) is 0 Å². The quantitative estimate of drug-likeness (QED) is 0.480. The van der Waals surface area contributed by atoms with Crippen LogP contribution in [0.4, 0.5) is 0 Å². The number of carbonyl (C=O) groups excluding carboxylic acids is 1. The minimum absolute atomic E-state index is 0.123. The van der Waals surface area contributed by atoms with Gasteiger partial charge in [-0.25, -0.2) is 5.84 Å². The summed E-state index contributed by atoms with van der Waals surface area (Å²) in [6, 6.07) is 1.98. The molecule has 1 amide bonds. The fourth-order valence-corrected chi connectivity index (χ4v) is 2.28. The average molecular weight is 255 g/mol. The van der Waals surface area contributed by atoms with Crippen molar-refractivity contribution in [2.45, 2.75) is 39.3 Å². The second kappa shape index (κ2) is 5.62. The molecule has 0 aliphatic rings. The molecule has 3 N–H and O–H groups in total. The highest BCUT2D eigenvalue weighted by Crippen LogP contribution is 2.23. The molecule has 0 spiro atoms. The number of hydrogen-bond donors (Lipinski definition) is 2. The van der Waals surface area contributed by atoms with E-state index in [0.717, 1.165) is 18.5 Å². The fraction of sp³-hybridized carbons (Fsp3) is 0.583. The third kappa shape index (κ3) is 3.28. The van der Waals surface area contributed by atoms with Crippen LogP contribution in [0.3, 0.4) is 0 Å². The van der Waals surface area contributed by atoms with Crippen LogP contribution in [0.5, 0.6) is 0 Å². The molecule has 1 rings (SSSR count). The predicted octanol–water partition coefficient (Wildman–Crippen LogP) is 1.97. The molecule has 1 aromatic heterocycles. The number of amides is 1. The van der Waals surface area contributed by atoms with Crippen molar-refractivity contribution in [2.75, 3.05) is 7.05 Å². The van der Waals surface area contributed by atoms with Crippen LogP contribution >= 0.6 is 11.3 Å². The number of carbonyl (C=O) groups is 1. The first-order valence-electron chi connectivity index (χ1n) is 5.71. The summed E-state index contributed by atoms with van der Waals surface area (Å²) in [6.07, 6.45) is 1.06. The van der Waals surface area contributed by atoms with E-state index < -0.39 is 0 Å². The van der Waals surface area contributed by atoms with Crippen molar-refractivity contribution in [1.82, 2.24) is 10.3 Å². The SMILES string of the molecule is CCC(C)(C)N(C)Cc1ccsc1C(=O)NN. The van der Waals surface area contributed by atoms with Crippen molar-refractivity contribution in [3.05, 3.63) is 21.9 Å². The summed E-state index contributed by atoms with van der Waals surface area (Å²) >= 11 is 1.42. The maximum absolute atomic E-state index is 11.6. The van der Waals surface area contributed by atoms with Gasteiger partial charge in [0.2, 0.25) is 0 Å². The molecule has 96 valence electrons. The number of thiophene rings is 1. The number of nitrogens with zero attached hydrogens (tertiary/aromatic N) is 1. The van der Waals surface area contributed by atoms with Crippen molar-refractivity contribution in [3.63, 3.8) is 0 Å². The van der Waals surface area contributed by atoms with E-state index in [1.54, 1.807) is 0 Å². The molecular weight excluding hydrogens is 234 g/mol. The molecule has 0 saturated carbocycles. The topological polar surface area (TPSA) is 58.4 Å². The Hall–Kier alpha value is -0.910. The van der Waals surface area contributed by atoms with Crippen LogP contribution in [-0.2, 0) is 6.54 Å². The summed E-state index contributed by atoms with van der Waals surface area (Å²) in [5, 5.41) is 1.92. The molecule has 4 nitrogen and oxygen atoms in total. The van der Waals surface area contributed by atoms with Gasteiger partial charge in [0.25, 0.3) is 5.91 Å². The molecule has 0 saturated heterocycles. The Kier molecular flexibility index (Phi) is 4.68. The predicted molar refractivity (Wildman–Crippen MR) is 71.8 cm³/mol. The minimum Gasteiger partial charge on any atom is -0.297 e. The van der Waals surface area contributed by atoms with Gasteiger partial charge in [-0.2, -0.15) is 0 Å². The van der Waals surface area contributed by atoms with Crippen molar-refractivity contribution in [1.29, 1.82) is 0 Å². The van der Waals surface area contributed by atoms with Crippen molar-refractivity contribution < 1.29 is 4.79 Å². The van der Waals surface area contributed by atoms with E-state index in [1.807, 2.05) is 11.4 Å². The van der Waals surface area contributed by atoms with Gasteiger partial charge >= 0.3 is 0 Å². The minimum atomic E-state index is -0.210. The zero-order chi connectivity index (χ0) is 13.1. The normalized spacial score (nSPS) is 11.9. The molecule has 17 heavy (non-hydrogen) atoms. The number of hydrazine groups is 1. The van der Waals surface area contributed by atoms with E-state index in [-0.39, 0.29) is 11.4 Å². The molecular formula is C12H21N3OS. The second-order valence-electron chi connectivity index (χ2n) is 4.77. The second-order valence-corrected chi connectivity index (χ2v) is 5.69. The summed E-state index contributed by atoms with van der Waals surface area (Å²) in [7, 11) is 2.07. The molecule has 0 aliphatic heterocycles. The zero-order valence-electron chi connectivity index (χ0n) is 10.9. The van der Waals surface area contributed by atoms with Gasteiger partial charge in [0.1, 0.15) is 0 Å². The summed E-state index contributed by atoms with van der Waals surface area (Å²) < 4.78 is 0. The van der Waals surface area contributed by atoms with Crippen LogP contribution in [0.15, 0.2) is 11.4 Å². The molecule has 1 heterocycles. The smallest absolute Gasteiger partial charge is 0.275 e. The Labute approximate surface area is 107 Å². The lowest BCUT2D eigenvalue weighted by Crippen LogP contribution is -2.40. The number of nitrogens with one attached hydrogen (secondary N) is 1. The van der Waals surface area contributed by atoms with Crippen molar-refractivity contribution in [2.24, 2.45) is 5.84 Å². The van der Waals surface area contributed by atoms with Gasteiger partial charge in [0.05, 0.1) is 4.88 Å². The number of rotatable bonds is 5. The summed E-state index contributed by atoms with van der Waals surface area (Å²) in [5.74, 6) is 4.96. The highest BCUT2D eigenvalue weighted by molar-refractivity contribution is 7.12. The molecule has 0 atom stereocenters. The van der Waals surface area contributed by atoms with Crippen LogP contribution in [0, 0.1) is 0 Å². The Morgan fingerprint density at radius 1 is 1.59 bits per heavy atom. The van der Waals surface area contributed by atoms with Gasteiger partial charge in [0.15, 0.2) is 0 Å². The molecule has 0 unspecified atom stereocenters. The molecule has 0 aliphatic carbocycles. The lowest BCUT2D eigenvalue weighted by Gasteiger charge is -2.34. The standard InChI is InChI=1S/C12H21N3OS/c1-5-12(2,3)15(4)8-9-6-7-17-10(9)11(16)14-13/h6-7H,5,8,13H2,1-4H3,(H,14,16). The highest BCUT2D eigenvalue weighted by Gasteiger charge is 2.23. The Bertz CT molecular complexity index is 387. The van der Waals surface area contributed by atoms with Gasteiger partial charge in [0, 0.05) is 12.1 Å². The van der Waals surface area contributed by atoms with E-state index in [9.17, 15) is 4.79 Å². The summed E-state index contributed by atoms with van der Waals surface area (Å²) in [6.45, 7) is 7.31. The maximum Gasteiger partial charge on any atom is 0.275 e. The number of nitrogens with two attached hydrogens (primary N) is 1. The first kappa shape index (κ1) is 14.2. The van der Waals surface area contributed by atoms with Crippen LogP contribution in [-0.4, -0.2) is 23.4 Å². The van der Waals surface area contributed by atoms with Crippen LogP contribution < -0.4 is 11.3 Å². The van der Waals surface area contributed by atoms with E-state index >= 15 is 0 Å². The molecule has 0 radical (unpaired) electrons. The van der Waals surface area contributed by atoms with Crippen LogP contribution in [0.1, 0.15) is 42.4 Å². The van der Waals surface area contributed by atoms with Crippen molar-refractivity contribution in [3.8, 4) is 0 Å². The Morgan fingerprint density at radius 3 is 2.76 bits per heavy atom. The average Bonchev–Trinajstić information content (AvgIpc) is 2.76. The molecule has 0 bridgehead atoms. The van der Waals surface area contributed by atoms with E-state index in [1.165, 1.54) is 11.3 Å². The van der Waals surface area contributed by atoms with Crippen molar-refractivity contribution >= 4 is 17.2 Å². The van der Waals surface area contributed by atoms with E-state index in [2.05, 4.69) is 38.1 Å². The number of hydrogen-bond acceptors (Lipinski definition) is 4. The first-order valence-corrected chi connectivity index (χ1v) is 6.59. The first-order chi connectivity index (χ1) is 7.92. The van der Waals surface area contributed by atoms with Gasteiger partial charge in [-0.3, -0.25) is 15.1 Å². The zero-order valence-corrected chi connectivity index (χ0v) is 11.7. The van der Waals surface area contributed by atoms with E-state index in [4.69, 9.17) is 5.84 Å². The third-order valence-electron chi connectivity index (χ3n) is 3.39. The fourth-order valence-electron chi connectivity index (χ4n) is 1.46. The largest absolute Gasteiger partial charge is 0.297 e. The van der Waals surface area contributed by atoms with Gasteiger partial charge in [-0.05, 0) is 44.3 Å². The highest BCUT2D eigenvalue weighted by atomic mass is 32.1. The molecule has 1 aromatic rings. The lowest BCUT2D eigenvalue weighted by atomic mass is 9.99. The Morgan fingerprint density at radius 2 is 2.24 bits per heavy atom. The van der Waals surface area contributed by atoms with Crippen LogP contribution in [0.25, 0.3) is 0 Å². The van der Waals surface area contributed by atoms with Gasteiger partial charge < -0.3 is 0 Å². The third-order valence-corrected chi connectivity index (χ3v) is 4.35. The maximum atomic E-state index is 11.6. The summed E-state index contributed by atoms with van der Waals surface area (Å²) in [5.41, 5.74) is 3.34. The molecule has 0 fully saturated rings. The van der Waals surface area contributed by atoms with Gasteiger partial charge in [-0.15, -0.1) is 11.3 Å². The molecule has 0 aromatic carbocycles. The molecule has 5 heteroatoms. The number of nitrogen functional groups attached to an aromatic ring is 1. The van der Waals surface area contributed by atoms with Gasteiger partial charge in [-0.1, -0.05) is 6.92 Å². The van der Waals surface area contributed by atoms with E-state index in [0.29, 0.717) is 4.88 Å². The lowest BCUT2D eigenvalue weighted by molar-refractivity contribution is 0.0953.